The Morgan fingerprint density at radius 2 is 2.24 bits per heavy atom. The predicted octanol–water partition coefficient (Wildman–Crippen LogP) is 3.85. The van der Waals surface area contributed by atoms with Gasteiger partial charge in [-0.15, -0.1) is 11.3 Å². The first-order valence-corrected chi connectivity index (χ1v) is 7.92. The van der Waals surface area contributed by atoms with Crippen molar-refractivity contribution in [1.82, 2.24) is 5.32 Å². The van der Waals surface area contributed by atoms with Gasteiger partial charge in [0.1, 0.15) is 0 Å². The summed E-state index contributed by atoms with van der Waals surface area (Å²) in [5.74, 6) is 0. The lowest BCUT2D eigenvalue weighted by atomic mass is 10.1. The third kappa shape index (κ3) is 6.55. The molecule has 0 radical (unpaired) electrons. The average molecular weight is 320 g/mol. The van der Waals surface area contributed by atoms with Crippen LogP contribution < -0.4 is 5.32 Å². The Morgan fingerprint density at radius 1 is 1.41 bits per heavy atom. The van der Waals surface area contributed by atoms with Crippen LogP contribution in [0.3, 0.4) is 0 Å². The quantitative estimate of drug-likeness (QED) is 0.698. The number of ether oxygens (including phenoxy) is 1. The maximum absolute atomic E-state index is 5.38. The highest BCUT2D eigenvalue weighted by atomic mass is 79.9. The van der Waals surface area contributed by atoms with E-state index in [0.29, 0.717) is 6.04 Å². The molecule has 1 aromatic heterocycles. The lowest BCUT2D eigenvalue weighted by Crippen LogP contribution is -2.31. The van der Waals surface area contributed by atoms with Gasteiger partial charge in [-0.2, -0.15) is 0 Å². The van der Waals surface area contributed by atoms with Gasteiger partial charge in [0, 0.05) is 24.1 Å². The molecule has 0 saturated carbocycles. The minimum absolute atomic E-state index is 0.575. The molecule has 0 aliphatic heterocycles. The molecule has 98 valence electrons. The van der Waals surface area contributed by atoms with Crippen LogP contribution in [0.2, 0.25) is 0 Å². The topological polar surface area (TPSA) is 21.3 Å². The monoisotopic (exact) mass is 319 g/mol. The molecule has 1 rings (SSSR count). The van der Waals surface area contributed by atoms with E-state index in [4.69, 9.17) is 4.74 Å². The summed E-state index contributed by atoms with van der Waals surface area (Å²) in [5, 5.41) is 3.55. The minimum atomic E-state index is 0.575. The average Bonchev–Trinajstić information content (AvgIpc) is 2.70. The van der Waals surface area contributed by atoms with Crippen molar-refractivity contribution in [2.24, 2.45) is 0 Å². The van der Waals surface area contributed by atoms with E-state index < -0.39 is 0 Å². The molecule has 0 bridgehead atoms. The zero-order valence-electron chi connectivity index (χ0n) is 10.7. The van der Waals surface area contributed by atoms with Crippen LogP contribution in [0.15, 0.2) is 15.9 Å². The van der Waals surface area contributed by atoms with E-state index in [9.17, 15) is 0 Å². The van der Waals surface area contributed by atoms with Gasteiger partial charge in [-0.05, 0) is 60.8 Å². The number of rotatable bonds is 9. The fourth-order valence-electron chi connectivity index (χ4n) is 1.85. The molecule has 1 aromatic rings. The number of hydrogen-bond acceptors (Lipinski definition) is 3. The first-order chi connectivity index (χ1) is 8.26. The molecule has 0 spiro atoms. The molecule has 4 heteroatoms. The smallest absolute Gasteiger partial charge is 0.0701 e. The van der Waals surface area contributed by atoms with E-state index in [1.54, 1.807) is 0 Å². The summed E-state index contributed by atoms with van der Waals surface area (Å²) in [6.45, 7) is 6.95. The Balaban J connectivity index is 2.32. The highest BCUT2D eigenvalue weighted by Crippen LogP contribution is 2.23. The van der Waals surface area contributed by atoms with Crippen molar-refractivity contribution in [3.63, 3.8) is 0 Å². The van der Waals surface area contributed by atoms with Gasteiger partial charge in [0.15, 0.2) is 0 Å². The van der Waals surface area contributed by atoms with Crippen molar-refractivity contribution in [3.05, 3.63) is 20.8 Å². The zero-order chi connectivity index (χ0) is 12.5. The summed E-state index contributed by atoms with van der Waals surface area (Å²) in [6, 6.07) is 4.91. The van der Waals surface area contributed by atoms with Crippen molar-refractivity contribution >= 4 is 27.3 Å². The molecular weight excluding hydrogens is 298 g/mol. The van der Waals surface area contributed by atoms with Crippen molar-refractivity contribution < 1.29 is 4.74 Å². The van der Waals surface area contributed by atoms with Crippen LogP contribution in [0.25, 0.3) is 0 Å². The molecule has 1 atom stereocenters. The van der Waals surface area contributed by atoms with Crippen LogP contribution in [0.5, 0.6) is 0 Å². The first kappa shape index (κ1) is 15.2. The van der Waals surface area contributed by atoms with Gasteiger partial charge in [-0.3, -0.25) is 0 Å². The lowest BCUT2D eigenvalue weighted by molar-refractivity contribution is 0.141. The van der Waals surface area contributed by atoms with Gasteiger partial charge in [0.2, 0.25) is 0 Å². The third-order valence-corrected chi connectivity index (χ3v) is 4.26. The van der Waals surface area contributed by atoms with Gasteiger partial charge in [0.05, 0.1) is 3.79 Å². The highest BCUT2D eigenvalue weighted by Gasteiger charge is 2.09. The van der Waals surface area contributed by atoms with E-state index in [1.165, 1.54) is 15.1 Å². The molecule has 0 saturated heterocycles. The van der Waals surface area contributed by atoms with Crippen LogP contribution in [-0.2, 0) is 11.2 Å². The number of thiophene rings is 1. The molecule has 0 amide bonds. The SMILES string of the molecule is CCNC(CCCOCC)Cc1ccc(Br)s1. The Labute approximate surface area is 117 Å². The highest BCUT2D eigenvalue weighted by molar-refractivity contribution is 9.11. The Bertz CT molecular complexity index is 303. The summed E-state index contributed by atoms with van der Waals surface area (Å²) in [5.41, 5.74) is 0. The third-order valence-electron chi connectivity index (χ3n) is 2.61. The van der Waals surface area contributed by atoms with Gasteiger partial charge < -0.3 is 10.1 Å². The normalized spacial score (nSPS) is 12.9. The molecule has 1 N–H and O–H groups in total. The van der Waals surface area contributed by atoms with Crippen molar-refractivity contribution in [2.45, 2.75) is 39.2 Å². The summed E-state index contributed by atoms with van der Waals surface area (Å²) >= 11 is 5.34. The van der Waals surface area contributed by atoms with Crippen LogP contribution in [0.4, 0.5) is 0 Å². The van der Waals surface area contributed by atoms with E-state index in [-0.39, 0.29) is 0 Å². The Kier molecular flexibility index (Phi) is 8.10. The maximum Gasteiger partial charge on any atom is 0.0701 e. The predicted molar refractivity (Wildman–Crippen MR) is 78.9 cm³/mol. The van der Waals surface area contributed by atoms with Crippen molar-refractivity contribution in [1.29, 1.82) is 0 Å². The fraction of sp³-hybridized carbons (Fsp3) is 0.692. The van der Waals surface area contributed by atoms with E-state index in [2.05, 4.69) is 40.3 Å². The van der Waals surface area contributed by atoms with E-state index >= 15 is 0 Å². The molecule has 0 aliphatic rings. The van der Waals surface area contributed by atoms with Gasteiger partial charge in [0.25, 0.3) is 0 Å². The summed E-state index contributed by atoms with van der Waals surface area (Å²) in [6.07, 6.45) is 3.44. The number of halogens is 1. The number of nitrogens with one attached hydrogen (secondary N) is 1. The van der Waals surface area contributed by atoms with Gasteiger partial charge >= 0.3 is 0 Å². The number of hydrogen-bond donors (Lipinski definition) is 1. The number of likely N-dealkylation sites (N-methyl/N-ethyl adjacent to an activating group) is 1. The second-order valence-corrected chi connectivity index (χ2v) is 6.55. The van der Waals surface area contributed by atoms with Gasteiger partial charge in [-0.25, -0.2) is 0 Å². The van der Waals surface area contributed by atoms with E-state index in [1.807, 2.05) is 18.3 Å². The van der Waals surface area contributed by atoms with Crippen LogP contribution in [0.1, 0.15) is 31.6 Å². The molecule has 1 unspecified atom stereocenters. The maximum atomic E-state index is 5.38. The summed E-state index contributed by atoms with van der Waals surface area (Å²) < 4.78 is 6.60. The first-order valence-electron chi connectivity index (χ1n) is 6.31. The van der Waals surface area contributed by atoms with Crippen LogP contribution in [-0.4, -0.2) is 25.8 Å². The molecule has 0 aliphatic carbocycles. The summed E-state index contributed by atoms with van der Waals surface area (Å²) in [4.78, 5) is 1.44. The standard InChI is InChI=1S/C13H22BrNOS/c1-3-15-11(6-5-9-16-4-2)10-12-7-8-13(14)17-12/h7-8,11,15H,3-6,9-10H2,1-2H3. The second-order valence-electron chi connectivity index (χ2n) is 4.00. The minimum Gasteiger partial charge on any atom is -0.382 e. The van der Waals surface area contributed by atoms with Crippen molar-refractivity contribution in [3.8, 4) is 0 Å². The lowest BCUT2D eigenvalue weighted by Gasteiger charge is -2.16. The molecule has 17 heavy (non-hydrogen) atoms. The Hall–Kier alpha value is 0.1000. The Morgan fingerprint density at radius 3 is 2.82 bits per heavy atom. The fourth-order valence-corrected chi connectivity index (χ4v) is 3.41. The molecule has 0 fully saturated rings. The van der Waals surface area contributed by atoms with Gasteiger partial charge in [-0.1, -0.05) is 6.92 Å². The zero-order valence-corrected chi connectivity index (χ0v) is 13.1. The second kappa shape index (κ2) is 9.09. The summed E-state index contributed by atoms with van der Waals surface area (Å²) in [7, 11) is 0. The van der Waals surface area contributed by atoms with Crippen LogP contribution >= 0.6 is 27.3 Å². The van der Waals surface area contributed by atoms with Crippen LogP contribution in [0, 0.1) is 0 Å². The largest absolute Gasteiger partial charge is 0.382 e. The molecule has 1 heterocycles. The van der Waals surface area contributed by atoms with Crippen molar-refractivity contribution in [2.75, 3.05) is 19.8 Å². The molecular formula is C13H22BrNOS. The van der Waals surface area contributed by atoms with E-state index in [0.717, 1.165) is 32.6 Å². The molecule has 2 nitrogen and oxygen atoms in total. The molecule has 0 aromatic carbocycles.